The number of hydrogen-bond acceptors (Lipinski definition) is 5. The van der Waals surface area contributed by atoms with E-state index < -0.39 is 5.97 Å². The van der Waals surface area contributed by atoms with Crippen molar-refractivity contribution in [3.05, 3.63) is 23.8 Å². The SMILES string of the molecule is COC(=O)c1cc(OC)ccc1NC(=O)C[C@@H]1CCC[C@H]1N.Cl. The van der Waals surface area contributed by atoms with Crippen molar-refractivity contribution < 1.29 is 19.1 Å². The molecule has 23 heavy (non-hydrogen) atoms. The second-order valence-corrected chi connectivity index (χ2v) is 5.51. The molecule has 1 saturated carbocycles. The van der Waals surface area contributed by atoms with Crippen LogP contribution in [0.3, 0.4) is 0 Å². The van der Waals surface area contributed by atoms with Crippen LogP contribution in [0.5, 0.6) is 5.75 Å². The third kappa shape index (κ3) is 4.84. The molecule has 6 nitrogen and oxygen atoms in total. The Morgan fingerprint density at radius 2 is 2.04 bits per heavy atom. The van der Waals surface area contributed by atoms with Crippen molar-refractivity contribution in [2.45, 2.75) is 31.7 Å². The summed E-state index contributed by atoms with van der Waals surface area (Å²) in [4.78, 5) is 24.0. The number of amides is 1. The van der Waals surface area contributed by atoms with Crippen molar-refractivity contribution in [2.24, 2.45) is 11.7 Å². The zero-order valence-electron chi connectivity index (χ0n) is 13.3. The maximum atomic E-state index is 12.2. The first-order chi connectivity index (χ1) is 10.5. The van der Waals surface area contributed by atoms with Crippen LogP contribution in [-0.4, -0.2) is 32.1 Å². The summed E-state index contributed by atoms with van der Waals surface area (Å²) in [5.41, 5.74) is 6.68. The van der Waals surface area contributed by atoms with Gasteiger partial charge in [-0.1, -0.05) is 6.42 Å². The fraction of sp³-hybridized carbons (Fsp3) is 0.500. The van der Waals surface area contributed by atoms with Gasteiger partial charge in [-0.15, -0.1) is 12.4 Å². The molecule has 0 aliphatic heterocycles. The van der Waals surface area contributed by atoms with Crippen LogP contribution in [0, 0.1) is 5.92 Å². The van der Waals surface area contributed by atoms with E-state index in [1.54, 1.807) is 18.2 Å². The van der Waals surface area contributed by atoms with E-state index in [-0.39, 0.29) is 35.8 Å². The van der Waals surface area contributed by atoms with Gasteiger partial charge in [0.25, 0.3) is 0 Å². The van der Waals surface area contributed by atoms with E-state index in [2.05, 4.69) is 5.32 Å². The van der Waals surface area contributed by atoms with Gasteiger partial charge in [-0.05, 0) is 37.0 Å². The number of carbonyl (C=O) groups excluding carboxylic acids is 2. The third-order valence-electron chi connectivity index (χ3n) is 4.07. The van der Waals surface area contributed by atoms with Crippen LogP contribution in [0.4, 0.5) is 5.69 Å². The molecule has 0 spiro atoms. The van der Waals surface area contributed by atoms with Gasteiger partial charge >= 0.3 is 5.97 Å². The van der Waals surface area contributed by atoms with Gasteiger partial charge in [0.15, 0.2) is 0 Å². The second-order valence-electron chi connectivity index (χ2n) is 5.51. The van der Waals surface area contributed by atoms with Crippen LogP contribution >= 0.6 is 12.4 Å². The molecule has 1 aromatic rings. The van der Waals surface area contributed by atoms with E-state index in [1.165, 1.54) is 14.2 Å². The second kappa shape index (κ2) is 8.74. The van der Waals surface area contributed by atoms with Gasteiger partial charge in [-0.3, -0.25) is 4.79 Å². The van der Waals surface area contributed by atoms with Crippen molar-refractivity contribution in [1.29, 1.82) is 0 Å². The van der Waals surface area contributed by atoms with Gasteiger partial charge in [0, 0.05) is 12.5 Å². The quantitative estimate of drug-likeness (QED) is 0.801. The number of ether oxygens (including phenoxy) is 2. The van der Waals surface area contributed by atoms with Crippen molar-refractivity contribution in [3.8, 4) is 5.75 Å². The number of nitrogens with two attached hydrogens (primary N) is 1. The lowest BCUT2D eigenvalue weighted by atomic mass is 10.00. The topological polar surface area (TPSA) is 90.6 Å². The van der Waals surface area contributed by atoms with Crippen LogP contribution in [0.25, 0.3) is 0 Å². The lowest BCUT2D eigenvalue weighted by Crippen LogP contribution is -2.28. The first kappa shape index (κ1) is 19.3. The smallest absolute Gasteiger partial charge is 0.340 e. The number of rotatable bonds is 5. The first-order valence-corrected chi connectivity index (χ1v) is 7.37. The lowest BCUT2D eigenvalue weighted by Gasteiger charge is -2.16. The molecule has 1 fully saturated rings. The minimum atomic E-state index is -0.522. The summed E-state index contributed by atoms with van der Waals surface area (Å²) in [6.45, 7) is 0. The molecule has 2 atom stereocenters. The molecule has 3 N–H and O–H groups in total. The number of hydrogen-bond donors (Lipinski definition) is 2. The van der Waals surface area contributed by atoms with Gasteiger partial charge in [-0.2, -0.15) is 0 Å². The fourth-order valence-corrected chi connectivity index (χ4v) is 2.80. The molecule has 0 radical (unpaired) electrons. The molecule has 1 aliphatic carbocycles. The van der Waals surface area contributed by atoms with Crippen LogP contribution in [-0.2, 0) is 9.53 Å². The summed E-state index contributed by atoms with van der Waals surface area (Å²) in [6, 6.07) is 4.95. The van der Waals surface area contributed by atoms with E-state index in [0.717, 1.165) is 19.3 Å². The molecule has 1 amide bonds. The minimum Gasteiger partial charge on any atom is -0.497 e. The predicted octanol–water partition coefficient (Wildman–Crippen LogP) is 2.36. The fourth-order valence-electron chi connectivity index (χ4n) is 2.80. The number of anilines is 1. The maximum Gasteiger partial charge on any atom is 0.340 e. The molecule has 1 aromatic carbocycles. The minimum absolute atomic E-state index is 0. The molecular weight excluding hydrogens is 320 g/mol. The summed E-state index contributed by atoms with van der Waals surface area (Å²) in [5, 5.41) is 2.77. The Morgan fingerprint density at radius 1 is 1.30 bits per heavy atom. The van der Waals surface area contributed by atoms with Gasteiger partial charge < -0.3 is 20.5 Å². The van der Waals surface area contributed by atoms with Crippen molar-refractivity contribution in [1.82, 2.24) is 0 Å². The Bertz CT molecular complexity index is 565. The molecule has 0 saturated heterocycles. The van der Waals surface area contributed by atoms with Crippen molar-refractivity contribution >= 4 is 30.0 Å². The number of halogens is 1. The average Bonchev–Trinajstić information content (AvgIpc) is 2.92. The monoisotopic (exact) mass is 342 g/mol. The third-order valence-corrected chi connectivity index (χ3v) is 4.07. The molecule has 1 aliphatic rings. The molecule has 0 unspecified atom stereocenters. The van der Waals surface area contributed by atoms with E-state index in [1.807, 2.05) is 0 Å². The highest BCUT2D eigenvalue weighted by Gasteiger charge is 2.26. The molecule has 0 aromatic heterocycles. The van der Waals surface area contributed by atoms with Gasteiger partial charge in [0.1, 0.15) is 5.75 Å². The Balaban J connectivity index is 0.00000264. The van der Waals surface area contributed by atoms with E-state index in [0.29, 0.717) is 17.9 Å². The largest absolute Gasteiger partial charge is 0.497 e. The molecule has 0 bridgehead atoms. The van der Waals surface area contributed by atoms with Crippen LogP contribution in [0.2, 0.25) is 0 Å². The molecule has 7 heteroatoms. The van der Waals surface area contributed by atoms with Crippen molar-refractivity contribution in [3.63, 3.8) is 0 Å². The standard InChI is InChI=1S/C16H22N2O4.ClH/c1-21-11-6-7-14(12(9-11)16(20)22-2)18-15(19)8-10-4-3-5-13(10)17;/h6-7,9-10,13H,3-5,8,17H2,1-2H3,(H,18,19);1H/t10-,13+;/m0./s1. The maximum absolute atomic E-state index is 12.2. The zero-order chi connectivity index (χ0) is 16.1. The van der Waals surface area contributed by atoms with Crippen LogP contribution in [0.15, 0.2) is 18.2 Å². The lowest BCUT2D eigenvalue weighted by molar-refractivity contribution is -0.117. The summed E-state index contributed by atoms with van der Waals surface area (Å²) in [5.74, 6) is 0.0699. The van der Waals surface area contributed by atoms with Gasteiger partial charge in [-0.25, -0.2) is 4.79 Å². The summed E-state index contributed by atoms with van der Waals surface area (Å²) in [7, 11) is 2.81. The highest BCUT2D eigenvalue weighted by molar-refractivity contribution is 6.01. The van der Waals surface area contributed by atoms with Crippen molar-refractivity contribution in [2.75, 3.05) is 19.5 Å². The number of benzene rings is 1. The highest BCUT2D eigenvalue weighted by Crippen LogP contribution is 2.28. The van der Waals surface area contributed by atoms with Crippen LogP contribution < -0.4 is 15.8 Å². The zero-order valence-corrected chi connectivity index (χ0v) is 14.2. The molecular formula is C16H23ClN2O4. The Hall–Kier alpha value is -1.79. The van der Waals surface area contributed by atoms with E-state index in [9.17, 15) is 9.59 Å². The number of esters is 1. The highest BCUT2D eigenvalue weighted by atomic mass is 35.5. The van der Waals surface area contributed by atoms with E-state index >= 15 is 0 Å². The van der Waals surface area contributed by atoms with E-state index in [4.69, 9.17) is 15.2 Å². The Kier molecular flexibility index (Phi) is 7.32. The summed E-state index contributed by atoms with van der Waals surface area (Å²) < 4.78 is 9.84. The number of carbonyl (C=O) groups is 2. The van der Waals surface area contributed by atoms with Crippen LogP contribution in [0.1, 0.15) is 36.0 Å². The number of methoxy groups -OCH3 is 2. The number of nitrogens with one attached hydrogen (secondary N) is 1. The Labute approximate surface area is 142 Å². The van der Waals surface area contributed by atoms with Gasteiger partial charge in [0.05, 0.1) is 25.5 Å². The molecule has 2 rings (SSSR count). The Morgan fingerprint density at radius 3 is 2.61 bits per heavy atom. The predicted molar refractivity (Wildman–Crippen MR) is 90.1 cm³/mol. The average molecular weight is 343 g/mol. The first-order valence-electron chi connectivity index (χ1n) is 7.37. The molecule has 0 heterocycles. The normalized spacial score (nSPS) is 19.6. The molecule has 128 valence electrons. The van der Waals surface area contributed by atoms with Gasteiger partial charge in [0.2, 0.25) is 5.91 Å². The summed E-state index contributed by atoms with van der Waals surface area (Å²) >= 11 is 0. The summed E-state index contributed by atoms with van der Waals surface area (Å²) in [6.07, 6.45) is 3.37.